The number of rotatable bonds is 5. The van der Waals surface area contributed by atoms with E-state index in [1.54, 1.807) is 0 Å². The van der Waals surface area contributed by atoms with Gasteiger partial charge in [0.05, 0.1) is 0 Å². The smallest absolute Gasteiger partial charge is 0.0109 e. The van der Waals surface area contributed by atoms with Crippen LogP contribution in [0.3, 0.4) is 0 Å². The highest BCUT2D eigenvalue weighted by Crippen LogP contribution is 2.06. The van der Waals surface area contributed by atoms with E-state index in [1.807, 2.05) is 0 Å². The van der Waals surface area contributed by atoms with Crippen LogP contribution in [0.4, 0.5) is 0 Å². The normalized spacial score (nSPS) is 18.7. The van der Waals surface area contributed by atoms with Crippen LogP contribution in [0.5, 0.6) is 0 Å². The van der Waals surface area contributed by atoms with Crippen molar-refractivity contribution in [2.24, 2.45) is 0 Å². The molecule has 1 aliphatic rings. The molecule has 0 aromatic heterocycles. The van der Waals surface area contributed by atoms with E-state index in [2.05, 4.69) is 47.1 Å². The highest BCUT2D eigenvalue weighted by molar-refractivity contribution is 5.14. The summed E-state index contributed by atoms with van der Waals surface area (Å²) in [5.74, 6) is 0. The van der Waals surface area contributed by atoms with E-state index >= 15 is 0 Å². The molecule has 100 valence electrons. The number of hydrogen-bond acceptors (Lipinski definition) is 2. The lowest BCUT2D eigenvalue weighted by atomic mass is 10.1. The minimum atomic E-state index is 1.21. The number of benzene rings is 1. The number of aryl methyl sites for hydroxylation is 1. The molecule has 2 nitrogen and oxygen atoms in total. The van der Waals surface area contributed by atoms with Gasteiger partial charge in [-0.2, -0.15) is 0 Å². The molecule has 0 unspecified atom stereocenters. The molecule has 1 aliphatic heterocycles. The molecule has 1 aromatic carbocycles. The molecule has 18 heavy (non-hydrogen) atoms. The average molecular weight is 246 g/mol. The summed E-state index contributed by atoms with van der Waals surface area (Å²) in [5.41, 5.74) is 1.47. The van der Waals surface area contributed by atoms with Crippen molar-refractivity contribution >= 4 is 0 Å². The third kappa shape index (κ3) is 4.43. The van der Waals surface area contributed by atoms with Crippen LogP contribution in [0, 0.1) is 0 Å². The topological polar surface area (TPSA) is 6.48 Å². The summed E-state index contributed by atoms with van der Waals surface area (Å²) in [6.45, 7) is 9.80. The molecule has 0 radical (unpaired) electrons. The Labute approximate surface area is 112 Å². The highest BCUT2D eigenvalue weighted by Gasteiger charge is 2.12. The molecule has 0 amide bonds. The van der Waals surface area contributed by atoms with Crippen LogP contribution in [-0.4, -0.2) is 49.1 Å². The van der Waals surface area contributed by atoms with Gasteiger partial charge in [0.2, 0.25) is 0 Å². The van der Waals surface area contributed by atoms with Gasteiger partial charge in [-0.1, -0.05) is 37.3 Å². The first kappa shape index (κ1) is 13.6. The number of nitrogens with zero attached hydrogens (tertiary/aromatic N) is 2. The number of hydrogen-bond donors (Lipinski definition) is 0. The maximum absolute atomic E-state index is 2.64. The molecule has 0 bridgehead atoms. The van der Waals surface area contributed by atoms with Crippen LogP contribution < -0.4 is 0 Å². The lowest BCUT2D eigenvalue weighted by Crippen LogP contribution is -2.31. The summed E-state index contributed by atoms with van der Waals surface area (Å²) in [7, 11) is 0. The SMILES string of the molecule is CCN1CCCN(CCCc2ccccc2)CC1. The fraction of sp³-hybridized carbons (Fsp3) is 0.625. The van der Waals surface area contributed by atoms with Crippen molar-refractivity contribution in [2.45, 2.75) is 26.2 Å². The molecule has 1 heterocycles. The van der Waals surface area contributed by atoms with Crippen molar-refractivity contribution in [2.75, 3.05) is 39.3 Å². The predicted octanol–water partition coefficient (Wildman–Crippen LogP) is 2.65. The largest absolute Gasteiger partial charge is 0.302 e. The van der Waals surface area contributed by atoms with Crippen LogP contribution in [0.25, 0.3) is 0 Å². The summed E-state index contributed by atoms with van der Waals surface area (Å²) < 4.78 is 0. The van der Waals surface area contributed by atoms with Gasteiger partial charge in [0, 0.05) is 13.1 Å². The zero-order valence-corrected chi connectivity index (χ0v) is 11.6. The summed E-state index contributed by atoms with van der Waals surface area (Å²) >= 11 is 0. The Bertz CT molecular complexity index is 323. The molecule has 0 aliphatic carbocycles. The second-order valence-corrected chi connectivity index (χ2v) is 5.22. The third-order valence-electron chi connectivity index (χ3n) is 3.91. The van der Waals surface area contributed by atoms with Crippen molar-refractivity contribution in [3.05, 3.63) is 35.9 Å². The van der Waals surface area contributed by atoms with E-state index in [0.29, 0.717) is 0 Å². The van der Waals surface area contributed by atoms with Gasteiger partial charge < -0.3 is 9.80 Å². The zero-order valence-electron chi connectivity index (χ0n) is 11.6. The van der Waals surface area contributed by atoms with Crippen molar-refractivity contribution in [3.63, 3.8) is 0 Å². The standard InChI is InChI=1S/C16H26N2/c1-2-17-12-7-13-18(15-14-17)11-6-10-16-8-4-3-5-9-16/h3-5,8-9H,2,6-7,10-15H2,1H3. The fourth-order valence-electron chi connectivity index (χ4n) is 2.72. The molecule has 0 N–H and O–H groups in total. The van der Waals surface area contributed by atoms with Gasteiger partial charge in [0.1, 0.15) is 0 Å². The minimum Gasteiger partial charge on any atom is -0.302 e. The van der Waals surface area contributed by atoms with E-state index in [9.17, 15) is 0 Å². The molecule has 0 atom stereocenters. The van der Waals surface area contributed by atoms with E-state index in [0.717, 1.165) is 0 Å². The first-order valence-electron chi connectivity index (χ1n) is 7.37. The Hall–Kier alpha value is -0.860. The molecule has 0 saturated carbocycles. The second kappa shape index (κ2) is 7.55. The lowest BCUT2D eigenvalue weighted by Gasteiger charge is -2.20. The van der Waals surface area contributed by atoms with Crippen molar-refractivity contribution in [1.29, 1.82) is 0 Å². The summed E-state index contributed by atoms with van der Waals surface area (Å²) in [5, 5.41) is 0. The Morgan fingerprint density at radius 2 is 1.67 bits per heavy atom. The summed E-state index contributed by atoms with van der Waals surface area (Å²) in [6.07, 6.45) is 3.84. The van der Waals surface area contributed by atoms with Crippen LogP contribution in [0.2, 0.25) is 0 Å². The molecule has 1 aromatic rings. The van der Waals surface area contributed by atoms with Gasteiger partial charge in [0.15, 0.2) is 0 Å². The Morgan fingerprint density at radius 3 is 2.44 bits per heavy atom. The van der Waals surface area contributed by atoms with Crippen molar-refractivity contribution in [3.8, 4) is 0 Å². The zero-order chi connectivity index (χ0) is 12.6. The molecular formula is C16H26N2. The first-order valence-corrected chi connectivity index (χ1v) is 7.37. The van der Waals surface area contributed by atoms with Gasteiger partial charge in [-0.15, -0.1) is 0 Å². The summed E-state index contributed by atoms with van der Waals surface area (Å²) in [6, 6.07) is 10.8. The van der Waals surface area contributed by atoms with Crippen molar-refractivity contribution < 1.29 is 0 Å². The van der Waals surface area contributed by atoms with Gasteiger partial charge in [0.25, 0.3) is 0 Å². The molecule has 0 spiro atoms. The first-order chi connectivity index (χ1) is 8.88. The van der Waals surface area contributed by atoms with E-state index in [1.165, 1.54) is 64.1 Å². The van der Waals surface area contributed by atoms with E-state index in [4.69, 9.17) is 0 Å². The molecular weight excluding hydrogens is 220 g/mol. The monoisotopic (exact) mass is 246 g/mol. The minimum absolute atomic E-state index is 1.21. The molecule has 1 fully saturated rings. The van der Waals surface area contributed by atoms with Gasteiger partial charge in [-0.25, -0.2) is 0 Å². The third-order valence-corrected chi connectivity index (χ3v) is 3.91. The lowest BCUT2D eigenvalue weighted by molar-refractivity contribution is 0.261. The van der Waals surface area contributed by atoms with E-state index < -0.39 is 0 Å². The average Bonchev–Trinajstić information content (AvgIpc) is 2.65. The van der Waals surface area contributed by atoms with Crippen molar-refractivity contribution in [1.82, 2.24) is 9.80 Å². The predicted molar refractivity (Wildman–Crippen MR) is 77.9 cm³/mol. The van der Waals surface area contributed by atoms with Gasteiger partial charge in [-0.3, -0.25) is 0 Å². The Morgan fingerprint density at radius 1 is 0.944 bits per heavy atom. The van der Waals surface area contributed by atoms with Crippen LogP contribution in [-0.2, 0) is 6.42 Å². The quantitative estimate of drug-likeness (QED) is 0.788. The van der Waals surface area contributed by atoms with Gasteiger partial charge >= 0.3 is 0 Å². The molecule has 1 saturated heterocycles. The van der Waals surface area contributed by atoms with Gasteiger partial charge in [-0.05, 0) is 51.0 Å². The van der Waals surface area contributed by atoms with Crippen LogP contribution in [0.1, 0.15) is 25.3 Å². The number of likely N-dealkylation sites (N-methyl/N-ethyl adjacent to an activating group) is 1. The Kier molecular flexibility index (Phi) is 5.69. The maximum atomic E-state index is 2.64. The second-order valence-electron chi connectivity index (χ2n) is 5.22. The highest BCUT2D eigenvalue weighted by atomic mass is 15.2. The van der Waals surface area contributed by atoms with Crippen LogP contribution >= 0.6 is 0 Å². The maximum Gasteiger partial charge on any atom is 0.0109 e. The summed E-state index contributed by atoms with van der Waals surface area (Å²) in [4.78, 5) is 5.20. The fourth-order valence-corrected chi connectivity index (χ4v) is 2.72. The Balaban J connectivity index is 1.67. The van der Waals surface area contributed by atoms with Crippen LogP contribution in [0.15, 0.2) is 30.3 Å². The molecule has 2 heteroatoms. The van der Waals surface area contributed by atoms with E-state index in [-0.39, 0.29) is 0 Å². The molecule has 2 rings (SSSR count).